The van der Waals surface area contributed by atoms with Crippen LogP contribution in [0, 0.1) is 0 Å². The number of fused-ring (bicyclic) bond motifs is 3. The molecule has 0 unspecified atom stereocenters. The van der Waals surface area contributed by atoms with Crippen molar-refractivity contribution < 1.29 is 17.9 Å². The summed E-state index contributed by atoms with van der Waals surface area (Å²) >= 11 is 0. The average molecular weight is 378 g/mol. The number of halogens is 3. The van der Waals surface area contributed by atoms with E-state index in [4.69, 9.17) is 10.5 Å². The maximum atomic E-state index is 13.1. The highest BCUT2D eigenvalue weighted by molar-refractivity contribution is 5.69. The van der Waals surface area contributed by atoms with E-state index in [1.54, 1.807) is 15.4 Å². The maximum absolute atomic E-state index is 13.1. The molecule has 1 aliphatic heterocycles. The molecule has 142 valence electrons. The lowest BCUT2D eigenvalue weighted by Crippen LogP contribution is -2.06. The molecule has 27 heavy (non-hydrogen) atoms. The van der Waals surface area contributed by atoms with E-state index in [1.165, 1.54) is 6.07 Å². The minimum Gasteiger partial charge on any atom is -0.491 e. The van der Waals surface area contributed by atoms with Gasteiger partial charge in [-0.15, -0.1) is 5.10 Å². The van der Waals surface area contributed by atoms with Crippen LogP contribution < -0.4 is 10.5 Å². The normalized spacial score (nSPS) is 13.9. The highest BCUT2D eigenvalue weighted by atomic mass is 19.4. The summed E-state index contributed by atoms with van der Waals surface area (Å²) in [6, 6.07) is 3.40. The number of aromatic nitrogens is 5. The molecule has 0 saturated heterocycles. The fourth-order valence-electron chi connectivity index (χ4n) is 3.04. The number of ether oxygens (including phenoxy) is 1. The molecule has 0 radical (unpaired) electrons. The van der Waals surface area contributed by atoms with Crippen molar-refractivity contribution >= 4 is 5.95 Å². The van der Waals surface area contributed by atoms with Crippen LogP contribution in [0.4, 0.5) is 19.1 Å². The zero-order valence-corrected chi connectivity index (χ0v) is 14.7. The van der Waals surface area contributed by atoms with Gasteiger partial charge in [0.1, 0.15) is 23.9 Å². The Hall–Kier alpha value is -3.04. The lowest BCUT2D eigenvalue weighted by Gasteiger charge is -2.11. The third kappa shape index (κ3) is 3.00. The summed E-state index contributed by atoms with van der Waals surface area (Å²) in [5.74, 6) is 1.34. The number of alkyl halides is 3. The van der Waals surface area contributed by atoms with E-state index >= 15 is 0 Å². The van der Waals surface area contributed by atoms with Gasteiger partial charge in [-0.1, -0.05) is 0 Å². The van der Waals surface area contributed by atoms with Crippen molar-refractivity contribution in [3.8, 4) is 28.7 Å². The first kappa shape index (κ1) is 17.4. The largest absolute Gasteiger partial charge is 0.491 e. The monoisotopic (exact) mass is 378 g/mol. The first-order chi connectivity index (χ1) is 12.7. The van der Waals surface area contributed by atoms with Gasteiger partial charge < -0.3 is 15.0 Å². The Morgan fingerprint density at radius 1 is 1.19 bits per heavy atom. The fourth-order valence-corrected chi connectivity index (χ4v) is 3.04. The number of nitrogens with zero attached hydrogens (tertiary/aromatic N) is 5. The Morgan fingerprint density at radius 2 is 1.96 bits per heavy atom. The molecule has 2 aromatic heterocycles. The maximum Gasteiger partial charge on any atom is 0.416 e. The van der Waals surface area contributed by atoms with Crippen LogP contribution in [0.1, 0.15) is 25.5 Å². The minimum absolute atomic E-state index is 0.00115. The van der Waals surface area contributed by atoms with Crippen molar-refractivity contribution in [1.29, 1.82) is 0 Å². The first-order valence-electron chi connectivity index (χ1n) is 8.38. The molecule has 0 spiro atoms. The van der Waals surface area contributed by atoms with Crippen LogP contribution in [-0.2, 0) is 12.7 Å². The van der Waals surface area contributed by atoms with E-state index in [-0.39, 0.29) is 17.6 Å². The highest BCUT2D eigenvalue weighted by Crippen LogP contribution is 2.38. The number of benzene rings is 1. The molecule has 4 rings (SSSR count). The summed E-state index contributed by atoms with van der Waals surface area (Å²) in [5, 5.41) is 4.16. The van der Waals surface area contributed by atoms with Crippen LogP contribution in [0.5, 0.6) is 5.75 Å². The van der Waals surface area contributed by atoms with Gasteiger partial charge in [0.15, 0.2) is 5.82 Å². The third-order valence-electron chi connectivity index (χ3n) is 4.28. The number of nitrogens with two attached hydrogens (primary N) is 1. The van der Waals surface area contributed by atoms with E-state index in [0.29, 0.717) is 36.2 Å². The predicted octanol–water partition coefficient (Wildman–Crippen LogP) is 3.38. The quantitative estimate of drug-likeness (QED) is 0.739. The Labute approximate surface area is 152 Å². The molecule has 0 saturated carbocycles. The smallest absolute Gasteiger partial charge is 0.416 e. The van der Waals surface area contributed by atoms with Crippen LogP contribution in [-0.4, -0.2) is 30.9 Å². The Bertz CT molecular complexity index is 1000. The third-order valence-corrected chi connectivity index (χ3v) is 4.28. The van der Waals surface area contributed by atoms with Gasteiger partial charge in [-0.05, 0) is 32.0 Å². The number of imidazole rings is 1. The lowest BCUT2D eigenvalue weighted by atomic mass is 10.1. The van der Waals surface area contributed by atoms with Crippen LogP contribution in [0.15, 0.2) is 24.4 Å². The van der Waals surface area contributed by atoms with Crippen molar-refractivity contribution in [3.05, 3.63) is 30.0 Å². The van der Waals surface area contributed by atoms with Gasteiger partial charge in [-0.2, -0.15) is 18.2 Å². The van der Waals surface area contributed by atoms with Crippen LogP contribution in [0.2, 0.25) is 0 Å². The molecule has 2 N–H and O–H groups in total. The van der Waals surface area contributed by atoms with Crippen molar-refractivity contribution in [2.24, 2.45) is 0 Å². The lowest BCUT2D eigenvalue weighted by molar-refractivity contribution is -0.137. The zero-order valence-electron chi connectivity index (χ0n) is 14.7. The van der Waals surface area contributed by atoms with Crippen molar-refractivity contribution in [2.75, 3.05) is 12.3 Å². The molecule has 10 heteroatoms. The van der Waals surface area contributed by atoms with E-state index in [9.17, 15) is 13.2 Å². The van der Waals surface area contributed by atoms with Gasteiger partial charge in [0.2, 0.25) is 5.95 Å². The van der Waals surface area contributed by atoms with Gasteiger partial charge in [0.25, 0.3) is 0 Å². The first-order valence-corrected chi connectivity index (χ1v) is 8.38. The topological polar surface area (TPSA) is 83.8 Å². The minimum atomic E-state index is -4.45. The summed E-state index contributed by atoms with van der Waals surface area (Å²) in [6.45, 7) is 4.62. The Kier molecular flexibility index (Phi) is 3.86. The molecule has 0 bridgehead atoms. The number of rotatable bonds is 2. The Balaban J connectivity index is 1.87. The summed E-state index contributed by atoms with van der Waals surface area (Å²) in [7, 11) is 0. The van der Waals surface area contributed by atoms with Gasteiger partial charge >= 0.3 is 6.18 Å². The van der Waals surface area contributed by atoms with E-state index < -0.39 is 11.7 Å². The summed E-state index contributed by atoms with van der Waals surface area (Å²) in [4.78, 5) is 8.76. The molecular weight excluding hydrogens is 361 g/mol. The second kappa shape index (κ2) is 6.00. The van der Waals surface area contributed by atoms with E-state index in [2.05, 4.69) is 15.1 Å². The summed E-state index contributed by atoms with van der Waals surface area (Å²) in [5.41, 5.74) is 5.75. The molecule has 0 amide bonds. The van der Waals surface area contributed by atoms with Crippen molar-refractivity contribution in [2.45, 2.75) is 32.6 Å². The number of hydrogen-bond acceptors (Lipinski definition) is 5. The molecule has 3 aromatic rings. The second-order valence-corrected chi connectivity index (χ2v) is 6.53. The zero-order chi connectivity index (χ0) is 19.3. The van der Waals surface area contributed by atoms with Gasteiger partial charge in [-0.25, -0.2) is 9.67 Å². The molecule has 7 nitrogen and oxygen atoms in total. The fraction of sp³-hybridized carbons (Fsp3) is 0.353. The van der Waals surface area contributed by atoms with Gasteiger partial charge in [-0.3, -0.25) is 0 Å². The SMILES string of the molecule is CC(C)n1nc(N)nc1-c1cn2c(n1)-c1cc(C(F)(F)F)ccc1OCC2. The molecule has 0 aliphatic carbocycles. The van der Waals surface area contributed by atoms with Crippen LogP contribution in [0.3, 0.4) is 0 Å². The predicted molar refractivity (Wildman–Crippen MR) is 92.0 cm³/mol. The average Bonchev–Trinajstić information content (AvgIpc) is 3.14. The molecular formula is C17H17F3N6O. The van der Waals surface area contributed by atoms with Crippen LogP contribution in [0.25, 0.3) is 22.9 Å². The van der Waals surface area contributed by atoms with Crippen molar-refractivity contribution in [3.63, 3.8) is 0 Å². The number of anilines is 1. The highest BCUT2D eigenvalue weighted by Gasteiger charge is 2.32. The number of hydrogen-bond donors (Lipinski definition) is 1. The van der Waals surface area contributed by atoms with Crippen molar-refractivity contribution in [1.82, 2.24) is 24.3 Å². The van der Waals surface area contributed by atoms with E-state index in [1.807, 2.05) is 13.8 Å². The van der Waals surface area contributed by atoms with Gasteiger partial charge in [0.05, 0.1) is 17.7 Å². The molecule has 1 aliphatic rings. The summed E-state index contributed by atoms with van der Waals surface area (Å²) < 4.78 is 48.4. The summed E-state index contributed by atoms with van der Waals surface area (Å²) in [6.07, 6.45) is -2.72. The molecule has 3 heterocycles. The standard InChI is InChI=1S/C17H17F3N6O/c1-9(2)26-15(23-16(21)24-26)12-8-25-5-6-27-13-4-3-10(17(18,19)20)7-11(13)14(25)22-12/h3-4,7-9H,5-6H2,1-2H3,(H2,21,24). The van der Waals surface area contributed by atoms with Crippen LogP contribution >= 0.6 is 0 Å². The number of nitrogen functional groups attached to an aromatic ring is 1. The molecule has 1 aromatic carbocycles. The second-order valence-electron chi connectivity index (χ2n) is 6.53. The van der Waals surface area contributed by atoms with E-state index in [0.717, 1.165) is 12.1 Å². The molecule has 0 fully saturated rings. The Morgan fingerprint density at radius 3 is 2.67 bits per heavy atom. The van der Waals surface area contributed by atoms with Gasteiger partial charge in [0, 0.05) is 12.2 Å². The molecule has 0 atom stereocenters.